The fourth-order valence-corrected chi connectivity index (χ4v) is 1.99. The molecule has 0 aromatic heterocycles. The molecule has 0 radical (unpaired) electrons. The molecule has 1 aromatic rings. The second-order valence-electron chi connectivity index (χ2n) is 4.26. The molecule has 18 heavy (non-hydrogen) atoms. The highest BCUT2D eigenvalue weighted by molar-refractivity contribution is 5.78. The van der Waals surface area contributed by atoms with Crippen LogP contribution in [0.5, 0.6) is 5.75 Å². The van der Waals surface area contributed by atoms with E-state index in [1.165, 1.54) is 0 Å². The molecule has 0 fully saturated rings. The first-order valence-electron chi connectivity index (χ1n) is 6.20. The molecule has 0 atom stereocenters. The molecule has 0 aliphatic heterocycles. The van der Waals surface area contributed by atoms with E-state index >= 15 is 0 Å². The lowest BCUT2D eigenvalue weighted by atomic mass is 9.92. The Bertz CT molecular complexity index is 400. The first kappa shape index (κ1) is 14.5. The van der Waals surface area contributed by atoms with Crippen LogP contribution < -0.4 is 10.1 Å². The van der Waals surface area contributed by atoms with Gasteiger partial charge in [-0.25, -0.2) is 0 Å². The van der Waals surface area contributed by atoms with Crippen LogP contribution in [0.1, 0.15) is 32.3 Å². The van der Waals surface area contributed by atoms with Gasteiger partial charge < -0.3 is 9.84 Å². The van der Waals surface area contributed by atoms with Gasteiger partial charge >= 0.3 is 5.97 Å². The Balaban J connectivity index is 2.82. The van der Waals surface area contributed by atoms with Gasteiger partial charge in [0.25, 0.3) is 0 Å². The highest BCUT2D eigenvalue weighted by atomic mass is 16.5. The highest BCUT2D eigenvalue weighted by Gasteiger charge is 2.34. The first-order chi connectivity index (χ1) is 8.59. The quantitative estimate of drug-likeness (QED) is 0.781. The monoisotopic (exact) mass is 251 g/mol. The fraction of sp³-hybridized carbons (Fsp3) is 0.500. The second-order valence-corrected chi connectivity index (χ2v) is 4.26. The molecule has 0 aliphatic carbocycles. The minimum Gasteiger partial charge on any atom is -0.496 e. The van der Waals surface area contributed by atoms with Crippen LogP contribution in [0.2, 0.25) is 0 Å². The van der Waals surface area contributed by atoms with Crippen LogP contribution in [-0.2, 0) is 11.3 Å². The molecule has 0 aliphatic rings. The maximum absolute atomic E-state index is 11.4. The van der Waals surface area contributed by atoms with Gasteiger partial charge in [0.15, 0.2) is 0 Å². The van der Waals surface area contributed by atoms with Gasteiger partial charge in [0, 0.05) is 12.1 Å². The summed E-state index contributed by atoms with van der Waals surface area (Å²) in [5.41, 5.74) is 0.105. The van der Waals surface area contributed by atoms with E-state index in [1.54, 1.807) is 7.11 Å². The number of benzene rings is 1. The summed E-state index contributed by atoms with van der Waals surface area (Å²) in [6, 6.07) is 7.62. The van der Waals surface area contributed by atoms with Crippen molar-refractivity contribution in [2.45, 2.75) is 38.8 Å². The molecule has 0 heterocycles. The number of aliphatic carboxylic acids is 1. The average molecular weight is 251 g/mol. The van der Waals surface area contributed by atoms with Crippen LogP contribution in [0.4, 0.5) is 0 Å². The summed E-state index contributed by atoms with van der Waals surface area (Å²) in [5, 5.41) is 12.5. The lowest BCUT2D eigenvalue weighted by Crippen LogP contribution is -2.50. The molecule has 0 bridgehead atoms. The fourth-order valence-electron chi connectivity index (χ4n) is 1.99. The van der Waals surface area contributed by atoms with Crippen LogP contribution in [-0.4, -0.2) is 23.7 Å². The molecule has 1 aromatic carbocycles. The van der Waals surface area contributed by atoms with Crippen molar-refractivity contribution in [2.75, 3.05) is 7.11 Å². The van der Waals surface area contributed by atoms with Crippen molar-refractivity contribution in [2.24, 2.45) is 0 Å². The van der Waals surface area contributed by atoms with Crippen molar-refractivity contribution in [3.8, 4) is 5.75 Å². The number of hydrogen-bond acceptors (Lipinski definition) is 3. The summed E-state index contributed by atoms with van der Waals surface area (Å²) in [4.78, 5) is 11.4. The van der Waals surface area contributed by atoms with Crippen molar-refractivity contribution in [1.29, 1.82) is 0 Å². The smallest absolute Gasteiger partial charge is 0.323 e. The van der Waals surface area contributed by atoms with Crippen LogP contribution in [0.25, 0.3) is 0 Å². The van der Waals surface area contributed by atoms with Crippen molar-refractivity contribution >= 4 is 5.97 Å². The van der Waals surface area contributed by atoms with E-state index in [9.17, 15) is 9.90 Å². The third-order valence-corrected chi connectivity index (χ3v) is 3.43. The van der Waals surface area contributed by atoms with E-state index in [2.05, 4.69) is 5.32 Å². The zero-order valence-corrected chi connectivity index (χ0v) is 11.2. The zero-order chi connectivity index (χ0) is 13.6. The molecular formula is C14H21NO3. The number of carbonyl (C=O) groups is 1. The molecule has 4 heteroatoms. The van der Waals surface area contributed by atoms with Crippen LogP contribution in [0, 0.1) is 0 Å². The average Bonchev–Trinajstić information content (AvgIpc) is 2.40. The number of nitrogens with one attached hydrogen (secondary N) is 1. The summed E-state index contributed by atoms with van der Waals surface area (Å²) in [6.45, 7) is 4.25. The van der Waals surface area contributed by atoms with Crippen LogP contribution in [0.3, 0.4) is 0 Å². The van der Waals surface area contributed by atoms with Gasteiger partial charge in [-0.2, -0.15) is 0 Å². The molecule has 0 amide bonds. The molecule has 0 saturated heterocycles. The van der Waals surface area contributed by atoms with E-state index in [4.69, 9.17) is 4.74 Å². The van der Waals surface area contributed by atoms with Crippen molar-refractivity contribution < 1.29 is 14.6 Å². The van der Waals surface area contributed by atoms with Crippen molar-refractivity contribution in [3.05, 3.63) is 29.8 Å². The van der Waals surface area contributed by atoms with E-state index in [1.807, 2.05) is 38.1 Å². The maximum atomic E-state index is 11.4. The SMILES string of the molecule is CCC(CC)(NCc1ccccc1OC)C(=O)O. The molecule has 100 valence electrons. The Labute approximate surface area is 108 Å². The maximum Gasteiger partial charge on any atom is 0.323 e. The molecule has 1 rings (SSSR count). The number of hydrogen-bond donors (Lipinski definition) is 2. The first-order valence-corrected chi connectivity index (χ1v) is 6.20. The van der Waals surface area contributed by atoms with Gasteiger partial charge in [-0.3, -0.25) is 10.1 Å². The van der Waals surface area contributed by atoms with E-state index in [0.717, 1.165) is 11.3 Å². The van der Waals surface area contributed by atoms with E-state index in [0.29, 0.717) is 19.4 Å². The lowest BCUT2D eigenvalue weighted by Gasteiger charge is -2.28. The molecule has 4 nitrogen and oxygen atoms in total. The third kappa shape index (κ3) is 3.01. The molecule has 0 saturated carbocycles. The Kier molecular flexibility index (Phi) is 5.16. The largest absolute Gasteiger partial charge is 0.496 e. The molecule has 2 N–H and O–H groups in total. The Morgan fingerprint density at radius 1 is 1.33 bits per heavy atom. The van der Waals surface area contributed by atoms with E-state index < -0.39 is 11.5 Å². The van der Waals surface area contributed by atoms with Gasteiger partial charge in [-0.1, -0.05) is 32.0 Å². The number of methoxy groups -OCH3 is 1. The van der Waals surface area contributed by atoms with Gasteiger partial charge in [-0.05, 0) is 18.9 Å². The van der Waals surface area contributed by atoms with Gasteiger partial charge in [0.1, 0.15) is 11.3 Å². The summed E-state index contributed by atoms with van der Waals surface area (Å²) in [5.74, 6) is -0.0288. The Hall–Kier alpha value is -1.55. The topological polar surface area (TPSA) is 58.6 Å². The zero-order valence-electron chi connectivity index (χ0n) is 11.2. The highest BCUT2D eigenvalue weighted by Crippen LogP contribution is 2.20. The third-order valence-electron chi connectivity index (χ3n) is 3.43. The predicted molar refractivity (Wildman–Crippen MR) is 70.8 cm³/mol. The van der Waals surface area contributed by atoms with Crippen molar-refractivity contribution in [3.63, 3.8) is 0 Å². The van der Waals surface area contributed by atoms with E-state index in [-0.39, 0.29) is 0 Å². The molecule has 0 unspecified atom stereocenters. The minimum absolute atomic E-state index is 0.484. The second kappa shape index (κ2) is 6.40. The van der Waals surface area contributed by atoms with Crippen LogP contribution >= 0.6 is 0 Å². The standard InChI is InChI=1S/C14H21NO3/c1-4-14(5-2,13(16)17)15-10-11-8-6-7-9-12(11)18-3/h6-9,15H,4-5,10H2,1-3H3,(H,16,17). The lowest BCUT2D eigenvalue weighted by molar-refractivity contribution is -0.145. The predicted octanol–water partition coefficient (Wildman–Crippen LogP) is 2.43. The normalized spacial score (nSPS) is 11.3. The number of rotatable bonds is 7. The molecular weight excluding hydrogens is 230 g/mol. The number of para-hydroxylation sites is 1. The number of carboxylic acid groups (broad SMARTS) is 1. The minimum atomic E-state index is -0.860. The Morgan fingerprint density at radius 3 is 2.44 bits per heavy atom. The Morgan fingerprint density at radius 2 is 1.94 bits per heavy atom. The number of ether oxygens (including phenoxy) is 1. The van der Waals surface area contributed by atoms with Crippen molar-refractivity contribution in [1.82, 2.24) is 5.32 Å². The summed E-state index contributed by atoms with van der Waals surface area (Å²) in [7, 11) is 1.61. The summed E-state index contributed by atoms with van der Waals surface area (Å²) < 4.78 is 5.25. The molecule has 0 spiro atoms. The summed E-state index contributed by atoms with van der Waals surface area (Å²) in [6.07, 6.45) is 1.10. The van der Waals surface area contributed by atoms with Crippen LogP contribution in [0.15, 0.2) is 24.3 Å². The number of carboxylic acids is 1. The van der Waals surface area contributed by atoms with Gasteiger partial charge in [-0.15, -0.1) is 0 Å². The van der Waals surface area contributed by atoms with Gasteiger partial charge in [0.05, 0.1) is 7.11 Å². The summed E-state index contributed by atoms with van der Waals surface area (Å²) >= 11 is 0. The van der Waals surface area contributed by atoms with Gasteiger partial charge in [0.2, 0.25) is 0 Å².